The number of rotatable bonds is 14. The Kier molecular flexibility index (Phi) is 11.6. The highest BCUT2D eigenvalue weighted by atomic mass is 16.5. The Balaban J connectivity index is 1.96. The van der Waals surface area contributed by atoms with Gasteiger partial charge in [-0.15, -0.1) is 0 Å². The molecular formula is C28H40N2O5. The normalized spacial score (nSPS) is 11.7. The van der Waals surface area contributed by atoms with Gasteiger partial charge in [0.15, 0.2) is 6.10 Å². The van der Waals surface area contributed by atoms with Crippen LogP contribution >= 0.6 is 0 Å². The van der Waals surface area contributed by atoms with Gasteiger partial charge in [-0.3, -0.25) is 0 Å². The summed E-state index contributed by atoms with van der Waals surface area (Å²) in [5.41, 5.74) is 5.01. The number of anilines is 1. The molecule has 2 amide bonds. The molecule has 0 fully saturated rings. The van der Waals surface area contributed by atoms with E-state index in [9.17, 15) is 14.7 Å². The molecule has 0 aromatic heterocycles. The second-order valence-electron chi connectivity index (χ2n) is 8.88. The van der Waals surface area contributed by atoms with E-state index in [-0.39, 0.29) is 6.03 Å². The number of hydrogen-bond acceptors (Lipinski definition) is 4. The van der Waals surface area contributed by atoms with Crippen molar-refractivity contribution in [1.82, 2.24) is 4.90 Å². The Labute approximate surface area is 209 Å². The average molecular weight is 485 g/mol. The average Bonchev–Trinajstić information content (AvgIpc) is 2.81. The van der Waals surface area contributed by atoms with E-state index in [4.69, 9.17) is 9.47 Å². The Morgan fingerprint density at radius 3 is 2.23 bits per heavy atom. The van der Waals surface area contributed by atoms with Crippen molar-refractivity contribution >= 4 is 17.7 Å². The number of ether oxygens (including phenoxy) is 2. The first-order chi connectivity index (χ1) is 16.7. The van der Waals surface area contributed by atoms with Gasteiger partial charge in [0.25, 0.3) is 0 Å². The molecule has 2 rings (SSSR count). The molecule has 35 heavy (non-hydrogen) atoms. The smallest absolute Gasteiger partial charge is 0.333 e. The molecule has 0 saturated heterocycles. The lowest BCUT2D eigenvalue weighted by Gasteiger charge is -2.24. The zero-order valence-corrected chi connectivity index (χ0v) is 21.7. The molecule has 0 aliphatic rings. The summed E-state index contributed by atoms with van der Waals surface area (Å²) in [5, 5.41) is 12.4. The molecule has 0 spiro atoms. The summed E-state index contributed by atoms with van der Waals surface area (Å²) < 4.78 is 11.2. The first kappa shape index (κ1) is 28.2. The number of nitrogens with one attached hydrogen (secondary N) is 1. The SMILES string of the molecule is CCCCCN(CCOc1ccc(CC(OCC)C(=O)O)cc1)C(=O)Nc1c(C)cc(C)cc1C. The number of nitrogens with zero attached hydrogens (tertiary/aromatic N) is 1. The fourth-order valence-corrected chi connectivity index (χ4v) is 4.06. The molecular weight excluding hydrogens is 444 g/mol. The van der Waals surface area contributed by atoms with Gasteiger partial charge in [0.05, 0.1) is 6.54 Å². The van der Waals surface area contributed by atoms with Crippen LogP contribution in [0.25, 0.3) is 0 Å². The number of benzene rings is 2. The van der Waals surface area contributed by atoms with Crippen molar-refractivity contribution in [3.05, 3.63) is 58.7 Å². The fourth-order valence-electron chi connectivity index (χ4n) is 4.06. The van der Waals surface area contributed by atoms with Crippen LogP contribution in [-0.2, 0) is 16.0 Å². The van der Waals surface area contributed by atoms with Crippen molar-refractivity contribution in [2.75, 3.05) is 31.6 Å². The zero-order chi connectivity index (χ0) is 25.8. The summed E-state index contributed by atoms with van der Waals surface area (Å²) >= 11 is 0. The minimum absolute atomic E-state index is 0.120. The van der Waals surface area contributed by atoms with Crippen LogP contribution in [-0.4, -0.2) is 54.4 Å². The highest BCUT2D eigenvalue weighted by Crippen LogP contribution is 2.22. The van der Waals surface area contributed by atoms with Crippen LogP contribution < -0.4 is 10.1 Å². The number of carboxylic acids is 1. The molecule has 2 aromatic carbocycles. The number of aliphatic carboxylic acids is 1. The van der Waals surface area contributed by atoms with Crippen LogP contribution in [0.4, 0.5) is 10.5 Å². The van der Waals surface area contributed by atoms with Gasteiger partial charge in [0.1, 0.15) is 12.4 Å². The predicted octanol–water partition coefficient (Wildman–Crippen LogP) is 5.75. The molecule has 2 N–H and O–H groups in total. The maximum Gasteiger partial charge on any atom is 0.333 e. The van der Waals surface area contributed by atoms with Crippen LogP contribution in [0.3, 0.4) is 0 Å². The summed E-state index contributed by atoms with van der Waals surface area (Å²) in [6.45, 7) is 11.8. The van der Waals surface area contributed by atoms with Gasteiger partial charge >= 0.3 is 12.0 Å². The lowest BCUT2D eigenvalue weighted by Crippen LogP contribution is -2.39. The number of urea groups is 1. The summed E-state index contributed by atoms with van der Waals surface area (Å²) in [4.78, 5) is 26.2. The summed E-state index contributed by atoms with van der Waals surface area (Å²) in [7, 11) is 0. The Hall–Kier alpha value is -3.06. The van der Waals surface area contributed by atoms with Gasteiger partial charge in [-0.05, 0) is 62.9 Å². The third-order valence-electron chi connectivity index (χ3n) is 5.85. The Morgan fingerprint density at radius 2 is 1.66 bits per heavy atom. The number of carbonyl (C=O) groups excluding carboxylic acids is 1. The maximum atomic E-state index is 13.1. The lowest BCUT2D eigenvalue weighted by molar-refractivity contribution is -0.149. The van der Waals surface area contributed by atoms with Crippen LogP contribution in [0.1, 0.15) is 55.4 Å². The maximum absolute atomic E-state index is 13.1. The van der Waals surface area contributed by atoms with Crippen LogP contribution in [0.2, 0.25) is 0 Å². The summed E-state index contributed by atoms with van der Waals surface area (Å²) in [5.74, 6) is -0.291. The van der Waals surface area contributed by atoms with Crippen LogP contribution in [0, 0.1) is 20.8 Å². The third-order valence-corrected chi connectivity index (χ3v) is 5.85. The molecule has 7 heteroatoms. The largest absolute Gasteiger partial charge is 0.492 e. The molecule has 2 aromatic rings. The molecule has 0 aliphatic carbocycles. The van der Waals surface area contributed by atoms with Crippen molar-refractivity contribution < 1.29 is 24.2 Å². The lowest BCUT2D eigenvalue weighted by atomic mass is 10.1. The van der Waals surface area contributed by atoms with E-state index in [1.807, 2.05) is 43.0 Å². The molecule has 0 radical (unpaired) electrons. The molecule has 7 nitrogen and oxygen atoms in total. The zero-order valence-electron chi connectivity index (χ0n) is 21.7. The minimum atomic E-state index is -0.968. The van der Waals surface area contributed by atoms with Gasteiger partial charge in [0, 0.05) is 25.3 Å². The highest BCUT2D eigenvalue weighted by molar-refractivity contribution is 5.91. The second-order valence-corrected chi connectivity index (χ2v) is 8.88. The Bertz CT molecular complexity index is 935. The van der Waals surface area contributed by atoms with Gasteiger partial charge in [0.2, 0.25) is 0 Å². The molecule has 0 saturated carbocycles. The highest BCUT2D eigenvalue weighted by Gasteiger charge is 2.18. The number of hydrogen-bond donors (Lipinski definition) is 2. The van der Waals surface area contributed by atoms with E-state index in [2.05, 4.69) is 31.3 Å². The molecule has 0 aliphatic heterocycles. The molecule has 1 atom stereocenters. The van der Waals surface area contributed by atoms with E-state index in [1.54, 1.807) is 6.92 Å². The first-order valence-corrected chi connectivity index (χ1v) is 12.4. The van der Waals surface area contributed by atoms with Crippen molar-refractivity contribution in [2.24, 2.45) is 0 Å². The van der Waals surface area contributed by atoms with E-state index >= 15 is 0 Å². The van der Waals surface area contributed by atoms with Crippen molar-refractivity contribution in [3.63, 3.8) is 0 Å². The van der Waals surface area contributed by atoms with Gasteiger partial charge in [-0.25, -0.2) is 9.59 Å². The molecule has 0 bridgehead atoms. The number of aryl methyl sites for hydroxylation is 3. The molecule has 0 heterocycles. The quantitative estimate of drug-likeness (QED) is 0.334. The van der Waals surface area contributed by atoms with Gasteiger partial charge in [-0.2, -0.15) is 0 Å². The van der Waals surface area contributed by atoms with Gasteiger partial charge < -0.3 is 24.8 Å². The monoisotopic (exact) mass is 484 g/mol. The molecule has 1 unspecified atom stereocenters. The number of unbranched alkanes of at least 4 members (excludes halogenated alkanes) is 2. The summed E-state index contributed by atoms with van der Waals surface area (Å²) in [6, 6.07) is 11.4. The van der Waals surface area contributed by atoms with Crippen molar-refractivity contribution in [2.45, 2.75) is 66.4 Å². The van der Waals surface area contributed by atoms with E-state index in [0.717, 1.165) is 41.6 Å². The topological polar surface area (TPSA) is 88.1 Å². The van der Waals surface area contributed by atoms with Crippen molar-refractivity contribution in [1.29, 1.82) is 0 Å². The Morgan fingerprint density at radius 1 is 1.00 bits per heavy atom. The van der Waals surface area contributed by atoms with E-state index < -0.39 is 12.1 Å². The van der Waals surface area contributed by atoms with E-state index in [1.165, 1.54) is 5.56 Å². The predicted molar refractivity (Wildman–Crippen MR) is 139 cm³/mol. The number of amides is 2. The first-order valence-electron chi connectivity index (χ1n) is 12.4. The third kappa shape index (κ3) is 9.25. The van der Waals surface area contributed by atoms with Crippen LogP contribution in [0.15, 0.2) is 36.4 Å². The summed E-state index contributed by atoms with van der Waals surface area (Å²) in [6.07, 6.45) is 2.53. The standard InChI is InChI=1S/C28H40N2O5/c1-6-8-9-14-30(28(33)29-26-21(4)17-20(3)18-22(26)5)15-16-35-24-12-10-23(11-13-24)19-25(27(31)32)34-7-2/h10-13,17-18,25H,6-9,14-16,19H2,1-5H3,(H,29,33)(H,31,32). The second kappa shape index (κ2) is 14.4. The number of carbonyl (C=O) groups is 2. The van der Waals surface area contributed by atoms with Crippen LogP contribution in [0.5, 0.6) is 5.75 Å². The molecule has 192 valence electrons. The minimum Gasteiger partial charge on any atom is -0.492 e. The van der Waals surface area contributed by atoms with Gasteiger partial charge in [-0.1, -0.05) is 49.6 Å². The van der Waals surface area contributed by atoms with E-state index in [0.29, 0.717) is 38.5 Å². The van der Waals surface area contributed by atoms with Crippen molar-refractivity contribution in [3.8, 4) is 5.75 Å². The fraction of sp³-hybridized carbons (Fsp3) is 0.500. The number of carboxylic acid groups (broad SMARTS) is 1.